The van der Waals surface area contributed by atoms with Gasteiger partial charge in [0.1, 0.15) is 5.60 Å². The first-order valence-corrected chi connectivity index (χ1v) is 8.81. The summed E-state index contributed by atoms with van der Waals surface area (Å²) < 4.78 is 5.25. The van der Waals surface area contributed by atoms with Crippen molar-refractivity contribution in [3.63, 3.8) is 0 Å². The normalized spacial score (nSPS) is 27.1. The number of hydrogen-bond donors (Lipinski definition) is 1. The van der Waals surface area contributed by atoms with Crippen LogP contribution in [-0.2, 0) is 9.53 Å². The molecule has 23 heavy (non-hydrogen) atoms. The number of amides is 2. The number of hydrogen-bond acceptors (Lipinski definition) is 3. The van der Waals surface area contributed by atoms with E-state index in [0.717, 1.165) is 38.8 Å². The zero-order valence-corrected chi connectivity index (χ0v) is 15.3. The lowest BCUT2D eigenvalue weighted by Crippen LogP contribution is -2.48. The van der Waals surface area contributed by atoms with Crippen LogP contribution in [0.25, 0.3) is 0 Å². The maximum absolute atomic E-state index is 12.3. The lowest BCUT2D eigenvalue weighted by Gasteiger charge is -2.40. The molecule has 5 heteroatoms. The van der Waals surface area contributed by atoms with Crippen LogP contribution in [0.5, 0.6) is 0 Å². The second-order valence-electron chi connectivity index (χ2n) is 8.93. The van der Waals surface area contributed by atoms with Crippen LogP contribution < -0.4 is 5.32 Å². The summed E-state index contributed by atoms with van der Waals surface area (Å²) in [6.07, 6.45) is 4.20. The van der Waals surface area contributed by atoms with Gasteiger partial charge in [-0.15, -0.1) is 0 Å². The van der Waals surface area contributed by atoms with E-state index in [1.807, 2.05) is 25.7 Å². The van der Waals surface area contributed by atoms with E-state index in [2.05, 4.69) is 19.2 Å². The van der Waals surface area contributed by atoms with E-state index >= 15 is 0 Å². The minimum atomic E-state index is -0.467. The maximum atomic E-state index is 12.3. The average Bonchev–Trinajstić information content (AvgIpc) is 2.33. The molecule has 5 nitrogen and oxygen atoms in total. The Morgan fingerprint density at radius 3 is 2.26 bits per heavy atom. The van der Waals surface area contributed by atoms with Crippen LogP contribution >= 0.6 is 0 Å². The first-order chi connectivity index (χ1) is 10.5. The molecule has 2 amide bonds. The molecular weight excluding hydrogens is 292 g/mol. The molecule has 0 atom stereocenters. The molecule has 2 aliphatic rings. The van der Waals surface area contributed by atoms with Crippen molar-refractivity contribution in [1.29, 1.82) is 0 Å². The summed E-state index contributed by atoms with van der Waals surface area (Å²) in [5, 5.41) is 2.88. The lowest BCUT2D eigenvalue weighted by atomic mass is 9.77. The number of nitrogens with zero attached hydrogens (tertiary/aromatic N) is 1. The second kappa shape index (κ2) is 6.70. The molecular formula is C18H32N2O3. The number of likely N-dealkylation sites (tertiary alicyclic amines) is 1. The van der Waals surface area contributed by atoms with Gasteiger partial charge in [-0.2, -0.15) is 0 Å². The highest BCUT2D eigenvalue weighted by molar-refractivity contribution is 5.76. The van der Waals surface area contributed by atoms with Crippen molar-refractivity contribution in [2.24, 2.45) is 11.3 Å². The Labute approximate surface area is 140 Å². The van der Waals surface area contributed by atoms with Crippen LogP contribution in [0.15, 0.2) is 0 Å². The summed E-state index contributed by atoms with van der Waals surface area (Å²) in [7, 11) is 0. The van der Waals surface area contributed by atoms with Crippen molar-refractivity contribution in [2.45, 2.75) is 78.4 Å². The predicted octanol–water partition coefficient (Wildman–Crippen LogP) is 3.33. The minimum absolute atomic E-state index is 0.155. The van der Waals surface area contributed by atoms with Crippen LogP contribution in [0, 0.1) is 11.3 Å². The van der Waals surface area contributed by atoms with Gasteiger partial charge in [0.25, 0.3) is 0 Å². The molecule has 0 radical (unpaired) electrons. The third-order valence-electron chi connectivity index (χ3n) is 4.89. The highest BCUT2D eigenvalue weighted by atomic mass is 16.6. The van der Waals surface area contributed by atoms with E-state index in [4.69, 9.17) is 4.74 Å². The van der Waals surface area contributed by atoms with Crippen molar-refractivity contribution >= 4 is 12.0 Å². The first kappa shape index (κ1) is 18.1. The zero-order chi connectivity index (χ0) is 17.3. The lowest BCUT2D eigenvalue weighted by molar-refractivity contribution is -0.135. The molecule has 0 spiro atoms. The van der Waals surface area contributed by atoms with E-state index < -0.39 is 5.60 Å². The maximum Gasteiger partial charge on any atom is 0.407 e. The van der Waals surface area contributed by atoms with Crippen molar-refractivity contribution in [2.75, 3.05) is 13.1 Å². The highest BCUT2D eigenvalue weighted by Crippen LogP contribution is 2.33. The van der Waals surface area contributed by atoms with Crippen LogP contribution in [0.4, 0.5) is 4.79 Å². The van der Waals surface area contributed by atoms with Gasteiger partial charge in [0.05, 0.1) is 0 Å². The topological polar surface area (TPSA) is 58.6 Å². The first-order valence-electron chi connectivity index (χ1n) is 8.81. The molecule has 1 N–H and O–H groups in total. The molecule has 0 aromatic rings. The van der Waals surface area contributed by atoms with E-state index in [9.17, 15) is 9.59 Å². The van der Waals surface area contributed by atoms with Gasteiger partial charge in [-0.3, -0.25) is 4.79 Å². The summed E-state index contributed by atoms with van der Waals surface area (Å²) in [6, 6.07) is 0.155. The molecule has 1 heterocycles. The SMILES string of the molecule is CC1(C)CCN(C(=O)C[C@H]2C[C@@H](NC(=O)OC(C)(C)C)C2)CC1. The van der Waals surface area contributed by atoms with Gasteiger partial charge in [0, 0.05) is 25.6 Å². The molecule has 0 aromatic heterocycles. The van der Waals surface area contributed by atoms with E-state index in [0.29, 0.717) is 17.8 Å². The Kier molecular flexibility index (Phi) is 5.27. The molecule has 0 unspecified atom stereocenters. The van der Waals surface area contributed by atoms with Crippen molar-refractivity contribution in [3.8, 4) is 0 Å². The van der Waals surface area contributed by atoms with Crippen LogP contribution in [0.3, 0.4) is 0 Å². The van der Waals surface area contributed by atoms with Gasteiger partial charge in [0.2, 0.25) is 5.91 Å². The van der Waals surface area contributed by atoms with E-state index in [1.54, 1.807) is 0 Å². The summed E-state index contributed by atoms with van der Waals surface area (Å²) in [5.41, 5.74) is -0.0963. The fourth-order valence-electron chi connectivity index (χ4n) is 3.23. The van der Waals surface area contributed by atoms with Crippen molar-refractivity contribution in [3.05, 3.63) is 0 Å². The summed E-state index contributed by atoms with van der Waals surface area (Å²) in [4.78, 5) is 26.0. The zero-order valence-electron chi connectivity index (χ0n) is 15.3. The molecule has 0 aromatic carbocycles. The number of carbonyl (C=O) groups excluding carboxylic acids is 2. The quantitative estimate of drug-likeness (QED) is 0.866. The van der Waals surface area contributed by atoms with Crippen LogP contribution in [0.2, 0.25) is 0 Å². The molecule has 132 valence electrons. The van der Waals surface area contributed by atoms with Crippen molar-refractivity contribution in [1.82, 2.24) is 10.2 Å². The van der Waals surface area contributed by atoms with Crippen LogP contribution in [-0.4, -0.2) is 41.6 Å². The Hall–Kier alpha value is -1.26. The Balaban J connectivity index is 1.64. The number of piperidine rings is 1. The predicted molar refractivity (Wildman–Crippen MR) is 90.1 cm³/mol. The minimum Gasteiger partial charge on any atom is -0.444 e. The van der Waals surface area contributed by atoms with Gasteiger partial charge in [0.15, 0.2) is 0 Å². The Morgan fingerprint density at radius 1 is 1.17 bits per heavy atom. The molecule has 2 fully saturated rings. The average molecular weight is 324 g/mol. The van der Waals surface area contributed by atoms with Gasteiger partial charge >= 0.3 is 6.09 Å². The summed E-state index contributed by atoms with van der Waals surface area (Å²) in [5.74, 6) is 0.679. The molecule has 0 bridgehead atoms. The number of alkyl carbamates (subject to hydrolysis) is 1. The Morgan fingerprint density at radius 2 is 1.74 bits per heavy atom. The summed E-state index contributed by atoms with van der Waals surface area (Å²) >= 11 is 0. The van der Waals surface area contributed by atoms with Gasteiger partial charge in [-0.05, 0) is 57.8 Å². The second-order valence-corrected chi connectivity index (χ2v) is 8.93. The largest absolute Gasteiger partial charge is 0.444 e. The molecule has 1 saturated heterocycles. The van der Waals surface area contributed by atoms with Crippen LogP contribution in [0.1, 0.15) is 66.7 Å². The fraction of sp³-hybridized carbons (Fsp3) is 0.889. The monoisotopic (exact) mass is 324 g/mol. The smallest absolute Gasteiger partial charge is 0.407 e. The number of nitrogens with one attached hydrogen (secondary N) is 1. The molecule has 1 aliphatic carbocycles. The molecule has 2 rings (SSSR count). The number of rotatable bonds is 3. The molecule has 1 saturated carbocycles. The highest BCUT2D eigenvalue weighted by Gasteiger charge is 2.35. The third kappa shape index (κ3) is 5.70. The van der Waals surface area contributed by atoms with Gasteiger partial charge < -0.3 is 15.0 Å². The van der Waals surface area contributed by atoms with E-state index in [-0.39, 0.29) is 18.0 Å². The fourth-order valence-corrected chi connectivity index (χ4v) is 3.23. The molecule has 1 aliphatic heterocycles. The van der Waals surface area contributed by atoms with Gasteiger partial charge in [-0.25, -0.2) is 4.79 Å². The standard InChI is InChI=1S/C18H32N2O3/c1-17(2,3)23-16(22)19-14-10-13(11-14)12-15(21)20-8-6-18(4,5)7-9-20/h13-14H,6-12H2,1-5H3,(H,19,22)/t13-,14+. The third-order valence-corrected chi connectivity index (χ3v) is 4.89. The van der Waals surface area contributed by atoms with Crippen molar-refractivity contribution < 1.29 is 14.3 Å². The van der Waals surface area contributed by atoms with Gasteiger partial charge in [-0.1, -0.05) is 13.8 Å². The number of ether oxygens (including phenoxy) is 1. The van der Waals surface area contributed by atoms with E-state index in [1.165, 1.54) is 0 Å². The Bertz CT molecular complexity index is 438. The number of carbonyl (C=O) groups is 2. The summed E-state index contributed by atoms with van der Waals surface area (Å²) in [6.45, 7) is 11.9.